The van der Waals surface area contributed by atoms with Crippen LogP contribution < -0.4 is 0 Å². The van der Waals surface area contributed by atoms with E-state index in [0.717, 1.165) is 29.9 Å². The molecule has 0 saturated carbocycles. The molecule has 2 heterocycles. The predicted octanol–water partition coefficient (Wildman–Crippen LogP) is 3.97. The molecule has 2 rings (SSSR count). The van der Waals surface area contributed by atoms with Gasteiger partial charge in [0.15, 0.2) is 0 Å². The highest BCUT2D eigenvalue weighted by atomic mass is 32.1. The minimum absolute atomic E-state index is 0.00312. The molecular formula is C16H19N3O3S. The summed E-state index contributed by atoms with van der Waals surface area (Å²) in [4.78, 5) is 30.1. The lowest BCUT2D eigenvalue weighted by Crippen LogP contribution is -2.31. The van der Waals surface area contributed by atoms with Crippen molar-refractivity contribution in [2.45, 2.75) is 32.7 Å². The summed E-state index contributed by atoms with van der Waals surface area (Å²) in [5.74, 6) is -0.213. The lowest BCUT2D eigenvalue weighted by atomic mass is 10.1. The number of nitrogens with zero attached hydrogens (tertiary/aromatic N) is 3. The van der Waals surface area contributed by atoms with Crippen molar-refractivity contribution in [3.8, 4) is 0 Å². The van der Waals surface area contributed by atoms with Crippen molar-refractivity contribution in [1.29, 1.82) is 0 Å². The largest absolute Gasteiger partial charge is 0.332 e. The van der Waals surface area contributed by atoms with E-state index < -0.39 is 4.92 Å². The van der Waals surface area contributed by atoms with Gasteiger partial charge in [-0.2, -0.15) is 0 Å². The van der Waals surface area contributed by atoms with Crippen LogP contribution in [-0.4, -0.2) is 27.8 Å². The fourth-order valence-electron chi connectivity index (χ4n) is 2.46. The minimum Gasteiger partial charge on any atom is -0.332 e. The average molecular weight is 333 g/mol. The molecule has 23 heavy (non-hydrogen) atoms. The minimum atomic E-state index is -0.453. The SMILES string of the molecule is CCCC(c1ccccn1)N(C)C(=O)c1cc([N+](=O)[O-])c(C)s1. The Balaban J connectivity index is 2.29. The molecule has 0 aliphatic heterocycles. The Hall–Kier alpha value is -2.28. The van der Waals surface area contributed by atoms with Gasteiger partial charge in [-0.05, 0) is 25.5 Å². The van der Waals surface area contributed by atoms with E-state index in [1.807, 2.05) is 25.1 Å². The number of amides is 1. The standard InChI is InChI=1S/C16H19N3O3S/c1-4-7-13(12-8-5-6-9-17-12)18(3)16(20)15-10-14(19(21)22)11(2)23-15/h5-6,8-10,13H,4,7H2,1-3H3. The Kier molecular flexibility index (Phi) is 5.44. The van der Waals surface area contributed by atoms with Gasteiger partial charge in [-0.3, -0.25) is 19.9 Å². The highest BCUT2D eigenvalue weighted by molar-refractivity contribution is 7.14. The van der Waals surface area contributed by atoms with Crippen LogP contribution in [0.2, 0.25) is 0 Å². The molecule has 7 heteroatoms. The third kappa shape index (κ3) is 3.73. The van der Waals surface area contributed by atoms with E-state index in [1.54, 1.807) is 25.1 Å². The molecule has 0 saturated heterocycles. The number of hydrogen-bond donors (Lipinski definition) is 0. The zero-order chi connectivity index (χ0) is 17.0. The molecule has 0 spiro atoms. The maximum Gasteiger partial charge on any atom is 0.283 e. The Morgan fingerprint density at radius 1 is 1.48 bits per heavy atom. The predicted molar refractivity (Wildman–Crippen MR) is 89.7 cm³/mol. The number of hydrogen-bond acceptors (Lipinski definition) is 5. The maximum absolute atomic E-state index is 12.7. The second-order valence-electron chi connectivity index (χ2n) is 5.28. The number of nitro groups is 1. The van der Waals surface area contributed by atoms with Crippen LogP contribution >= 0.6 is 11.3 Å². The highest BCUT2D eigenvalue weighted by Gasteiger charge is 2.26. The van der Waals surface area contributed by atoms with Crippen LogP contribution in [0.5, 0.6) is 0 Å². The van der Waals surface area contributed by atoms with E-state index in [-0.39, 0.29) is 17.6 Å². The summed E-state index contributed by atoms with van der Waals surface area (Å²) in [6.45, 7) is 3.70. The fourth-order valence-corrected chi connectivity index (χ4v) is 3.43. The van der Waals surface area contributed by atoms with Crippen molar-refractivity contribution >= 4 is 22.9 Å². The van der Waals surface area contributed by atoms with Crippen molar-refractivity contribution in [2.75, 3.05) is 7.05 Å². The summed E-state index contributed by atoms with van der Waals surface area (Å²) < 4.78 is 0. The average Bonchev–Trinajstić information content (AvgIpc) is 2.94. The van der Waals surface area contributed by atoms with E-state index in [2.05, 4.69) is 4.98 Å². The second kappa shape index (κ2) is 7.32. The zero-order valence-electron chi connectivity index (χ0n) is 13.4. The molecule has 1 unspecified atom stereocenters. The molecule has 0 aliphatic rings. The van der Waals surface area contributed by atoms with Crippen LogP contribution in [0.25, 0.3) is 0 Å². The van der Waals surface area contributed by atoms with Crippen molar-refractivity contribution in [3.63, 3.8) is 0 Å². The van der Waals surface area contributed by atoms with Gasteiger partial charge in [0.05, 0.1) is 26.4 Å². The smallest absolute Gasteiger partial charge is 0.283 e. The van der Waals surface area contributed by atoms with Crippen LogP contribution in [0.15, 0.2) is 30.5 Å². The van der Waals surface area contributed by atoms with Crippen LogP contribution in [0, 0.1) is 17.0 Å². The number of rotatable bonds is 6. The van der Waals surface area contributed by atoms with Gasteiger partial charge in [0.25, 0.3) is 11.6 Å². The van der Waals surface area contributed by atoms with Gasteiger partial charge in [0.2, 0.25) is 0 Å². The fraction of sp³-hybridized carbons (Fsp3) is 0.375. The van der Waals surface area contributed by atoms with Crippen molar-refractivity contribution < 1.29 is 9.72 Å². The first-order chi connectivity index (χ1) is 11.0. The topological polar surface area (TPSA) is 76.3 Å². The Labute approximate surface area is 138 Å². The highest BCUT2D eigenvalue weighted by Crippen LogP contribution is 2.31. The van der Waals surface area contributed by atoms with Crippen LogP contribution in [0.4, 0.5) is 5.69 Å². The first-order valence-electron chi connectivity index (χ1n) is 7.38. The summed E-state index contributed by atoms with van der Waals surface area (Å²) in [7, 11) is 1.72. The van der Waals surface area contributed by atoms with E-state index >= 15 is 0 Å². The zero-order valence-corrected chi connectivity index (χ0v) is 14.2. The van der Waals surface area contributed by atoms with Gasteiger partial charge >= 0.3 is 0 Å². The summed E-state index contributed by atoms with van der Waals surface area (Å²) in [5.41, 5.74) is 0.824. The molecular weight excluding hydrogens is 314 g/mol. The molecule has 2 aromatic heterocycles. The molecule has 122 valence electrons. The third-order valence-electron chi connectivity index (χ3n) is 3.68. The lowest BCUT2D eigenvalue weighted by molar-refractivity contribution is -0.385. The molecule has 0 bridgehead atoms. The van der Waals surface area contributed by atoms with Gasteiger partial charge in [-0.15, -0.1) is 11.3 Å². The number of carbonyl (C=O) groups is 1. The van der Waals surface area contributed by atoms with Crippen molar-refractivity contribution in [1.82, 2.24) is 9.88 Å². The van der Waals surface area contributed by atoms with Crippen molar-refractivity contribution in [3.05, 3.63) is 56.0 Å². The molecule has 6 nitrogen and oxygen atoms in total. The first-order valence-corrected chi connectivity index (χ1v) is 8.20. The Morgan fingerprint density at radius 3 is 2.74 bits per heavy atom. The maximum atomic E-state index is 12.7. The molecule has 1 atom stereocenters. The van der Waals surface area contributed by atoms with Gasteiger partial charge < -0.3 is 4.90 Å². The molecule has 2 aromatic rings. The third-order valence-corrected chi connectivity index (χ3v) is 4.71. The molecule has 0 fully saturated rings. The summed E-state index contributed by atoms with van der Waals surface area (Å²) in [6.07, 6.45) is 3.39. The van der Waals surface area contributed by atoms with Crippen LogP contribution in [-0.2, 0) is 0 Å². The Morgan fingerprint density at radius 2 is 2.22 bits per heavy atom. The van der Waals surface area contributed by atoms with Crippen LogP contribution in [0.1, 0.15) is 46.0 Å². The second-order valence-corrected chi connectivity index (χ2v) is 6.54. The number of carbonyl (C=O) groups excluding carboxylic acids is 1. The summed E-state index contributed by atoms with van der Waals surface area (Å²) in [6, 6.07) is 6.84. The number of thiophene rings is 1. The van der Waals surface area contributed by atoms with Crippen molar-refractivity contribution in [2.24, 2.45) is 0 Å². The number of aryl methyl sites for hydroxylation is 1. The van der Waals surface area contributed by atoms with E-state index in [0.29, 0.717) is 9.75 Å². The summed E-state index contributed by atoms with van der Waals surface area (Å²) >= 11 is 1.16. The quantitative estimate of drug-likeness (QED) is 0.592. The van der Waals surface area contributed by atoms with Gasteiger partial charge in [0.1, 0.15) is 0 Å². The molecule has 0 N–H and O–H groups in total. The summed E-state index contributed by atoms with van der Waals surface area (Å²) in [5, 5.41) is 11.0. The lowest BCUT2D eigenvalue weighted by Gasteiger charge is -2.27. The molecule has 0 aliphatic carbocycles. The van der Waals surface area contributed by atoms with Gasteiger partial charge in [-0.1, -0.05) is 19.4 Å². The normalized spacial score (nSPS) is 12.0. The van der Waals surface area contributed by atoms with E-state index in [4.69, 9.17) is 0 Å². The van der Waals surface area contributed by atoms with E-state index in [1.165, 1.54) is 6.07 Å². The van der Waals surface area contributed by atoms with E-state index in [9.17, 15) is 14.9 Å². The number of aromatic nitrogens is 1. The van der Waals surface area contributed by atoms with Gasteiger partial charge in [0, 0.05) is 19.3 Å². The van der Waals surface area contributed by atoms with Gasteiger partial charge in [-0.25, -0.2) is 0 Å². The molecule has 0 radical (unpaired) electrons. The number of pyridine rings is 1. The molecule has 1 amide bonds. The van der Waals surface area contributed by atoms with Crippen LogP contribution in [0.3, 0.4) is 0 Å². The Bertz CT molecular complexity index is 700. The molecule has 0 aromatic carbocycles. The monoisotopic (exact) mass is 333 g/mol. The first kappa shape index (κ1) is 17.1.